The molecular formula is C15H16BO2. The zero-order valence-electron chi connectivity index (χ0n) is 10.6. The van der Waals surface area contributed by atoms with Crippen molar-refractivity contribution >= 4 is 7.69 Å². The smallest absolute Gasteiger partial charge is 0.429 e. The SMILES string of the molecule is CC1(C)c2ccccc2-c2ccccc21.O[B]O. The minimum Gasteiger partial charge on any atom is -0.429 e. The molecular weight excluding hydrogens is 223 g/mol. The Balaban J connectivity index is 0.000000367. The first kappa shape index (κ1) is 12.9. The molecule has 1 aliphatic rings. The molecule has 91 valence electrons. The average Bonchev–Trinajstić information content (AvgIpc) is 2.61. The van der Waals surface area contributed by atoms with Gasteiger partial charge in [-0.3, -0.25) is 0 Å². The fourth-order valence-electron chi connectivity index (χ4n) is 2.67. The van der Waals surface area contributed by atoms with Crippen LogP contribution in [0.5, 0.6) is 0 Å². The van der Waals surface area contributed by atoms with Crippen molar-refractivity contribution in [2.45, 2.75) is 19.3 Å². The summed E-state index contributed by atoms with van der Waals surface area (Å²) in [5, 5.41) is 14.0. The summed E-state index contributed by atoms with van der Waals surface area (Å²) in [7, 11) is 0. The summed E-state index contributed by atoms with van der Waals surface area (Å²) in [5.41, 5.74) is 5.86. The third-order valence-corrected chi connectivity index (χ3v) is 3.49. The van der Waals surface area contributed by atoms with Gasteiger partial charge in [0.05, 0.1) is 0 Å². The maximum atomic E-state index is 7.00. The van der Waals surface area contributed by atoms with Crippen LogP contribution in [0.25, 0.3) is 11.1 Å². The van der Waals surface area contributed by atoms with Gasteiger partial charge in [0, 0.05) is 5.41 Å². The van der Waals surface area contributed by atoms with Gasteiger partial charge in [0.25, 0.3) is 0 Å². The molecule has 0 unspecified atom stereocenters. The summed E-state index contributed by atoms with van der Waals surface area (Å²) in [5.74, 6) is 0. The van der Waals surface area contributed by atoms with E-state index in [1.54, 1.807) is 0 Å². The van der Waals surface area contributed by atoms with Gasteiger partial charge in [-0.15, -0.1) is 0 Å². The normalized spacial score (nSPS) is 14.0. The van der Waals surface area contributed by atoms with Gasteiger partial charge in [0.2, 0.25) is 0 Å². The number of fused-ring (bicyclic) bond motifs is 3. The van der Waals surface area contributed by atoms with E-state index in [0.29, 0.717) is 0 Å². The molecule has 3 heteroatoms. The molecule has 18 heavy (non-hydrogen) atoms. The summed E-state index contributed by atoms with van der Waals surface area (Å²) >= 11 is 0. The molecule has 0 fully saturated rings. The first-order chi connectivity index (χ1) is 8.62. The standard InChI is InChI=1S/C15H14.BH2O2/c1-15(2)13-9-5-3-7-11(13)12-8-4-6-10-14(12)15;2-1-3/h3-10H,1-2H3;2-3H. The van der Waals surface area contributed by atoms with E-state index in [1.165, 1.54) is 22.3 Å². The second-order valence-corrected chi connectivity index (χ2v) is 4.83. The molecule has 0 atom stereocenters. The van der Waals surface area contributed by atoms with Crippen LogP contribution in [0.2, 0.25) is 0 Å². The van der Waals surface area contributed by atoms with E-state index in [1.807, 2.05) is 0 Å². The van der Waals surface area contributed by atoms with Crippen molar-refractivity contribution in [2.75, 3.05) is 0 Å². The molecule has 3 rings (SSSR count). The highest BCUT2D eigenvalue weighted by atomic mass is 16.4. The molecule has 0 spiro atoms. The van der Waals surface area contributed by atoms with Crippen LogP contribution in [0, 0.1) is 0 Å². The Kier molecular flexibility index (Phi) is 3.55. The van der Waals surface area contributed by atoms with E-state index < -0.39 is 0 Å². The van der Waals surface area contributed by atoms with Crippen LogP contribution in [0.4, 0.5) is 0 Å². The van der Waals surface area contributed by atoms with Gasteiger partial charge in [0.1, 0.15) is 0 Å². The predicted octanol–water partition coefficient (Wildman–Crippen LogP) is 2.50. The minimum atomic E-state index is 0. The van der Waals surface area contributed by atoms with Crippen molar-refractivity contribution in [3.05, 3.63) is 59.7 Å². The average molecular weight is 239 g/mol. The van der Waals surface area contributed by atoms with Crippen LogP contribution >= 0.6 is 0 Å². The number of hydrogen-bond donors (Lipinski definition) is 2. The van der Waals surface area contributed by atoms with Crippen molar-refractivity contribution in [3.63, 3.8) is 0 Å². The zero-order valence-corrected chi connectivity index (χ0v) is 10.6. The van der Waals surface area contributed by atoms with Gasteiger partial charge >= 0.3 is 7.69 Å². The Bertz CT molecular complexity index is 502. The second-order valence-electron chi connectivity index (χ2n) is 4.83. The second kappa shape index (κ2) is 4.97. The lowest BCUT2D eigenvalue weighted by atomic mass is 9.82. The highest BCUT2D eigenvalue weighted by Crippen LogP contribution is 2.47. The number of benzene rings is 2. The first-order valence-corrected chi connectivity index (χ1v) is 5.92. The van der Waals surface area contributed by atoms with E-state index in [9.17, 15) is 0 Å². The van der Waals surface area contributed by atoms with Gasteiger partial charge in [0.15, 0.2) is 0 Å². The molecule has 2 aromatic rings. The van der Waals surface area contributed by atoms with Crippen LogP contribution in [0.1, 0.15) is 25.0 Å². The van der Waals surface area contributed by atoms with Gasteiger partial charge in [-0.05, 0) is 22.3 Å². The fraction of sp³-hybridized carbons (Fsp3) is 0.200. The number of rotatable bonds is 0. The molecule has 0 amide bonds. The largest absolute Gasteiger partial charge is 0.482 e. The molecule has 0 heterocycles. The highest BCUT2D eigenvalue weighted by molar-refractivity contribution is 6.13. The third-order valence-electron chi connectivity index (χ3n) is 3.49. The van der Waals surface area contributed by atoms with Crippen molar-refractivity contribution in [1.82, 2.24) is 0 Å². The topological polar surface area (TPSA) is 40.5 Å². The summed E-state index contributed by atoms with van der Waals surface area (Å²) in [6.45, 7) is 4.61. The maximum absolute atomic E-state index is 7.00. The van der Waals surface area contributed by atoms with Crippen molar-refractivity contribution in [3.8, 4) is 11.1 Å². The quantitative estimate of drug-likeness (QED) is 0.693. The number of hydrogen-bond acceptors (Lipinski definition) is 2. The molecule has 1 aliphatic carbocycles. The molecule has 2 nitrogen and oxygen atoms in total. The monoisotopic (exact) mass is 239 g/mol. The molecule has 2 aromatic carbocycles. The molecule has 0 aromatic heterocycles. The third kappa shape index (κ3) is 1.96. The van der Waals surface area contributed by atoms with Gasteiger partial charge in [-0.25, -0.2) is 0 Å². The van der Waals surface area contributed by atoms with Crippen molar-refractivity contribution < 1.29 is 10.0 Å². The van der Waals surface area contributed by atoms with E-state index in [-0.39, 0.29) is 13.1 Å². The fourth-order valence-corrected chi connectivity index (χ4v) is 2.67. The Hall–Kier alpha value is -1.58. The molecule has 0 saturated heterocycles. The van der Waals surface area contributed by atoms with Crippen molar-refractivity contribution in [2.24, 2.45) is 0 Å². The lowest BCUT2D eigenvalue weighted by Crippen LogP contribution is -2.14. The van der Waals surface area contributed by atoms with Crippen LogP contribution in [-0.2, 0) is 5.41 Å². The Labute approximate surface area is 108 Å². The summed E-state index contributed by atoms with van der Waals surface area (Å²) < 4.78 is 0. The summed E-state index contributed by atoms with van der Waals surface area (Å²) in [6.07, 6.45) is 0. The van der Waals surface area contributed by atoms with Crippen LogP contribution in [-0.4, -0.2) is 17.7 Å². The van der Waals surface area contributed by atoms with E-state index in [0.717, 1.165) is 0 Å². The molecule has 2 N–H and O–H groups in total. The molecule has 0 bridgehead atoms. The predicted molar refractivity (Wildman–Crippen MR) is 74.2 cm³/mol. The van der Waals surface area contributed by atoms with E-state index in [2.05, 4.69) is 62.4 Å². The lowest BCUT2D eigenvalue weighted by molar-refractivity contribution is 0.448. The van der Waals surface area contributed by atoms with Gasteiger partial charge in [-0.2, -0.15) is 0 Å². The molecule has 0 saturated carbocycles. The van der Waals surface area contributed by atoms with E-state index >= 15 is 0 Å². The molecule has 0 aliphatic heterocycles. The minimum absolute atomic E-state index is 0. The lowest BCUT2D eigenvalue weighted by Gasteiger charge is -2.20. The van der Waals surface area contributed by atoms with Crippen LogP contribution in [0.3, 0.4) is 0 Å². The summed E-state index contributed by atoms with van der Waals surface area (Å²) in [6, 6.07) is 17.4. The highest BCUT2D eigenvalue weighted by Gasteiger charge is 2.34. The Morgan fingerprint density at radius 1 is 0.778 bits per heavy atom. The van der Waals surface area contributed by atoms with Gasteiger partial charge < -0.3 is 10.0 Å². The molecule has 1 radical (unpaired) electrons. The van der Waals surface area contributed by atoms with Crippen molar-refractivity contribution in [1.29, 1.82) is 0 Å². The Morgan fingerprint density at radius 2 is 1.11 bits per heavy atom. The summed E-state index contributed by atoms with van der Waals surface area (Å²) in [4.78, 5) is 0. The van der Waals surface area contributed by atoms with Crippen LogP contribution in [0.15, 0.2) is 48.5 Å². The van der Waals surface area contributed by atoms with Gasteiger partial charge in [-0.1, -0.05) is 62.4 Å². The first-order valence-electron chi connectivity index (χ1n) is 5.92. The maximum Gasteiger partial charge on any atom is 0.482 e. The van der Waals surface area contributed by atoms with Crippen LogP contribution < -0.4 is 0 Å². The Morgan fingerprint density at radius 3 is 1.50 bits per heavy atom. The van der Waals surface area contributed by atoms with E-state index in [4.69, 9.17) is 10.0 Å². The zero-order chi connectivity index (χ0) is 13.2.